The summed E-state index contributed by atoms with van der Waals surface area (Å²) in [4.78, 5) is 26.9. The molecule has 2 aromatic carbocycles. The van der Waals surface area contributed by atoms with Crippen molar-refractivity contribution < 1.29 is 14.0 Å². The van der Waals surface area contributed by atoms with Gasteiger partial charge in [-0.05, 0) is 36.1 Å². The average molecular weight is 425 g/mol. The second-order valence-electron chi connectivity index (χ2n) is 8.35. The molecule has 6 nitrogen and oxygen atoms in total. The van der Waals surface area contributed by atoms with Gasteiger partial charge in [-0.1, -0.05) is 42.5 Å². The molecule has 2 aliphatic rings. The van der Waals surface area contributed by atoms with Gasteiger partial charge in [0.1, 0.15) is 5.82 Å². The van der Waals surface area contributed by atoms with Crippen molar-refractivity contribution in [3.8, 4) is 0 Å². The van der Waals surface area contributed by atoms with Crippen molar-refractivity contribution in [1.82, 2.24) is 20.9 Å². The smallest absolute Gasteiger partial charge is 0.237 e. The number of benzene rings is 2. The van der Waals surface area contributed by atoms with Gasteiger partial charge in [0.05, 0.1) is 6.04 Å². The minimum absolute atomic E-state index is 0.0301. The summed E-state index contributed by atoms with van der Waals surface area (Å²) < 4.78 is 13.1. The monoisotopic (exact) mass is 424 g/mol. The van der Waals surface area contributed by atoms with Crippen LogP contribution in [0, 0.1) is 5.82 Å². The van der Waals surface area contributed by atoms with Crippen molar-refractivity contribution in [3.63, 3.8) is 0 Å². The predicted molar refractivity (Wildman–Crippen MR) is 116 cm³/mol. The summed E-state index contributed by atoms with van der Waals surface area (Å²) >= 11 is 0. The molecule has 2 fully saturated rings. The van der Waals surface area contributed by atoms with E-state index < -0.39 is 0 Å². The number of nitrogens with one attached hydrogen (secondary N) is 3. The molecule has 2 aromatic rings. The molecule has 3 N–H and O–H groups in total. The van der Waals surface area contributed by atoms with Gasteiger partial charge >= 0.3 is 0 Å². The zero-order valence-corrected chi connectivity index (χ0v) is 17.5. The Kier molecular flexibility index (Phi) is 6.94. The van der Waals surface area contributed by atoms with Crippen LogP contribution in [-0.2, 0) is 22.7 Å². The number of nitrogens with zero attached hydrogens (tertiary/aromatic N) is 1. The largest absolute Gasteiger partial charge is 0.353 e. The zero-order chi connectivity index (χ0) is 21.6. The van der Waals surface area contributed by atoms with Crippen LogP contribution in [0.2, 0.25) is 0 Å². The third-order valence-electron chi connectivity index (χ3n) is 6.17. The van der Waals surface area contributed by atoms with E-state index in [0.717, 1.165) is 24.1 Å². The summed E-state index contributed by atoms with van der Waals surface area (Å²) in [5.74, 6) is -0.146. The van der Waals surface area contributed by atoms with Crippen molar-refractivity contribution in [2.24, 2.45) is 0 Å². The number of amides is 2. The molecule has 3 atom stereocenters. The van der Waals surface area contributed by atoms with E-state index in [1.54, 1.807) is 12.1 Å². The normalized spacial score (nSPS) is 23.3. The predicted octanol–water partition coefficient (Wildman–Crippen LogP) is 1.95. The van der Waals surface area contributed by atoms with Crippen LogP contribution < -0.4 is 16.0 Å². The minimum atomic E-state index is -0.242. The Morgan fingerprint density at radius 1 is 1.06 bits per heavy atom. The number of hydrogen-bond donors (Lipinski definition) is 3. The molecule has 164 valence electrons. The first-order valence-corrected chi connectivity index (χ1v) is 10.9. The lowest BCUT2D eigenvalue weighted by atomic mass is 10.0. The van der Waals surface area contributed by atoms with E-state index in [2.05, 4.69) is 20.9 Å². The van der Waals surface area contributed by atoms with E-state index in [1.165, 1.54) is 12.1 Å². The van der Waals surface area contributed by atoms with Gasteiger partial charge in [0, 0.05) is 44.7 Å². The van der Waals surface area contributed by atoms with Crippen molar-refractivity contribution in [2.45, 2.75) is 50.5 Å². The number of rotatable bonds is 8. The SMILES string of the molecule is O=C(CC[C@@H]1CNC(=O)[C@@H]2C[C@H](NCc3ccc(F)cc3)CN12)NCc1ccccc1. The maximum atomic E-state index is 13.1. The van der Waals surface area contributed by atoms with Gasteiger partial charge in [-0.25, -0.2) is 4.39 Å². The van der Waals surface area contributed by atoms with Crippen LogP contribution >= 0.6 is 0 Å². The maximum Gasteiger partial charge on any atom is 0.237 e. The Hall–Kier alpha value is -2.77. The lowest BCUT2D eigenvalue weighted by Crippen LogP contribution is -2.58. The molecule has 0 aliphatic carbocycles. The molecule has 2 aliphatic heterocycles. The molecule has 2 saturated heterocycles. The van der Waals surface area contributed by atoms with E-state index in [0.29, 0.717) is 32.5 Å². The van der Waals surface area contributed by atoms with Crippen LogP contribution in [0.25, 0.3) is 0 Å². The Balaban J connectivity index is 1.25. The molecule has 4 rings (SSSR count). The summed E-state index contributed by atoms with van der Waals surface area (Å²) in [5, 5.41) is 9.47. The van der Waals surface area contributed by atoms with Gasteiger partial charge in [0.15, 0.2) is 0 Å². The minimum Gasteiger partial charge on any atom is -0.353 e. The second kappa shape index (κ2) is 10.0. The Morgan fingerprint density at radius 3 is 2.58 bits per heavy atom. The van der Waals surface area contributed by atoms with Gasteiger partial charge in [0.2, 0.25) is 11.8 Å². The van der Waals surface area contributed by atoms with Crippen LogP contribution in [0.4, 0.5) is 4.39 Å². The molecule has 0 spiro atoms. The number of hydrogen-bond acceptors (Lipinski definition) is 4. The number of carbonyl (C=O) groups is 2. The maximum absolute atomic E-state index is 13.1. The first-order chi connectivity index (χ1) is 15.1. The molecule has 2 heterocycles. The summed E-state index contributed by atoms with van der Waals surface area (Å²) in [7, 11) is 0. The molecule has 0 unspecified atom stereocenters. The standard InChI is InChI=1S/C24H29FN4O2/c25-19-8-6-18(7-9-19)13-26-20-12-22-24(31)28-15-21(29(22)16-20)10-11-23(30)27-14-17-4-2-1-3-5-17/h1-9,20-22,26H,10-16H2,(H,27,30)(H,28,31)/t20-,21+,22-/m0/s1. The molecular formula is C24H29FN4O2. The highest BCUT2D eigenvalue weighted by molar-refractivity contribution is 5.83. The van der Waals surface area contributed by atoms with Crippen LogP contribution in [-0.4, -0.2) is 47.9 Å². The zero-order valence-electron chi connectivity index (χ0n) is 17.5. The van der Waals surface area contributed by atoms with Crippen LogP contribution in [0.3, 0.4) is 0 Å². The van der Waals surface area contributed by atoms with Crippen molar-refractivity contribution in [3.05, 3.63) is 71.5 Å². The summed E-state index contributed by atoms with van der Waals surface area (Å²) in [5.41, 5.74) is 2.10. The van der Waals surface area contributed by atoms with Crippen molar-refractivity contribution >= 4 is 11.8 Å². The van der Waals surface area contributed by atoms with Crippen molar-refractivity contribution in [1.29, 1.82) is 0 Å². The average Bonchev–Trinajstić information content (AvgIpc) is 3.23. The number of fused-ring (bicyclic) bond motifs is 1. The van der Waals surface area contributed by atoms with E-state index in [1.807, 2.05) is 30.3 Å². The number of piperazine rings is 1. The highest BCUT2D eigenvalue weighted by atomic mass is 19.1. The molecule has 0 saturated carbocycles. The number of carbonyl (C=O) groups excluding carboxylic acids is 2. The molecule has 31 heavy (non-hydrogen) atoms. The quantitative estimate of drug-likeness (QED) is 0.606. The fourth-order valence-electron chi connectivity index (χ4n) is 4.44. The highest BCUT2D eigenvalue weighted by Crippen LogP contribution is 2.26. The Morgan fingerprint density at radius 2 is 1.81 bits per heavy atom. The van der Waals surface area contributed by atoms with Crippen LogP contribution in [0.1, 0.15) is 30.4 Å². The van der Waals surface area contributed by atoms with Gasteiger partial charge in [-0.2, -0.15) is 0 Å². The third-order valence-corrected chi connectivity index (χ3v) is 6.17. The lowest BCUT2D eigenvalue weighted by Gasteiger charge is -2.37. The molecule has 0 aromatic heterocycles. The van der Waals surface area contributed by atoms with E-state index >= 15 is 0 Å². The first-order valence-electron chi connectivity index (χ1n) is 10.9. The molecular weight excluding hydrogens is 395 g/mol. The second-order valence-corrected chi connectivity index (χ2v) is 8.35. The van der Waals surface area contributed by atoms with Gasteiger partial charge in [0.25, 0.3) is 0 Å². The van der Waals surface area contributed by atoms with Crippen LogP contribution in [0.15, 0.2) is 54.6 Å². The Labute approximate surface area is 182 Å². The molecule has 2 amide bonds. The number of halogens is 1. The lowest BCUT2D eigenvalue weighted by molar-refractivity contribution is -0.129. The van der Waals surface area contributed by atoms with Crippen LogP contribution in [0.5, 0.6) is 0 Å². The first kappa shape index (κ1) is 21.5. The van der Waals surface area contributed by atoms with E-state index in [4.69, 9.17) is 0 Å². The highest BCUT2D eigenvalue weighted by Gasteiger charge is 2.43. The third kappa shape index (κ3) is 5.68. The fraction of sp³-hybridized carbons (Fsp3) is 0.417. The fourth-order valence-corrected chi connectivity index (χ4v) is 4.44. The molecule has 7 heteroatoms. The molecule has 0 radical (unpaired) electrons. The van der Waals surface area contributed by atoms with Gasteiger partial charge in [-0.3, -0.25) is 14.5 Å². The molecule has 0 bridgehead atoms. The van der Waals surface area contributed by atoms with Crippen molar-refractivity contribution in [2.75, 3.05) is 13.1 Å². The van der Waals surface area contributed by atoms with E-state index in [9.17, 15) is 14.0 Å². The van der Waals surface area contributed by atoms with E-state index in [-0.39, 0.29) is 35.8 Å². The Bertz CT molecular complexity index is 890. The summed E-state index contributed by atoms with van der Waals surface area (Å²) in [6.45, 7) is 2.52. The summed E-state index contributed by atoms with van der Waals surface area (Å²) in [6.07, 6.45) is 1.89. The van der Waals surface area contributed by atoms with Gasteiger partial charge < -0.3 is 16.0 Å². The topological polar surface area (TPSA) is 73.5 Å². The summed E-state index contributed by atoms with van der Waals surface area (Å²) in [6, 6.07) is 16.5. The van der Waals surface area contributed by atoms with Gasteiger partial charge in [-0.15, -0.1) is 0 Å².